The van der Waals surface area contributed by atoms with Gasteiger partial charge in [-0.15, -0.1) is 11.3 Å². The Bertz CT molecular complexity index is 934. The second-order valence-electron chi connectivity index (χ2n) is 4.86. The fraction of sp³-hybridized carbons (Fsp3) is 0.0588. The van der Waals surface area contributed by atoms with Gasteiger partial charge in [-0.05, 0) is 64.0 Å². The summed E-state index contributed by atoms with van der Waals surface area (Å²) >= 11 is 4.29. The Kier molecular flexibility index (Phi) is 2.57. The molecule has 0 nitrogen and oxygen atoms in total. The highest BCUT2D eigenvalue weighted by Gasteiger charge is 2.10. The van der Waals surface area contributed by atoms with E-state index < -0.39 is 0 Å². The lowest BCUT2D eigenvalue weighted by Crippen LogP contribution is -1.78. The van der Waals surface area contributed by atoms with Crippen molar-refractivity contribution >= 4 is 64.9 Å². The molecular weight excluding hydrogens is 363 g/mol. The van der Waals surface area contributed by atoms with Crippen molar-refractivity contribution in [2.24, 2.45) is 0 Å². The van der Waals surface area contributed by atoms with Crippen LogP contribution in [0.2, 0.25) is 0 Å². The van der Waals surface area contributed by atoms with E-state index >= 15 is 0 Å². The first-order valence-electron chi connectivity index (χ1n) is 6.24. The summed E-state index contributed by atoms with van der Waals surface area (Å²) in [4.78, 5) is 0. The number of hydrogen-bond acceptors (Lipinski definition) is 1. The van der Waals surface area contributed by atoms with Crippen molar-refractivity contribution in [1.29, 1.82) is 0 Å². The summed E-state index contributed by atoms with van der Waals surface area (Å²) in [6.45, 7) is 2.21. The first kappa shape index (κ1) is 11.7. The minimum Gasteiger partial charge on any atom is -0.134 e. The molecule has 4 aromatic rings. The monoisotopic (exact) mass is 374 g/mol. The van der Waals surface area contributed by atoms with Gasteiger partial charge < -0.3 is 0 Å². The molecule has 3 aromatic carbocycles. The van der Waals surface area contributed by atoms with Gasteiger partial charge in [0.05, 0.1) is 0 Å². The van der Waals surface area contributed by atoms with Crippen LogP contribution >= 0.6 is 33.9 Å². The van der Waals surface area contributed by atoms with Crippen molar-refractivity contribution in [2.45, 2.75) is 6.92 Å². The lowest BCUT2D eigenvalue weighted by molar-refractivity contribution is 1.57. The second kappa shape index (κ2) is 4.18. The van der Waals surface area contributed by atoms with Gasteiger partial charge in [0, 0.05) is 23.7 Å². The van der Waals surface area contributed by atoms with E-state index in [-0.39, 0.29) is 0 Å². The van der Waals surface area contributed by atoms with Gasteiger partial charge in [-0.1, -0.05) is 30.3 Å². The Morgan fingerprint density at radius 2 is 1.63 bits per heavy atom. The molecule has 0 spiro atoms. The third-order valence-corrected chi connectivity index (χ3v) is 5.52. The molecule has 2 heteroatoms. The normalized spacial score (nSPS) is 11.7. The second-order valence-corrected chi connectivity index (χ2v) is 7.16. The van der Waals surface area contributed by atoms with E-state index in [4.69, 9.17) is 0 Å². The zero-order chi connectivity index (χ0) is 13.0. The van der Waals surface area contributed by atoms with Crippen LogP contribution in [0.25, 0.3) is 30.9 Å². The number of hydrogen-bond donors (Lipinski definition) is 0. The lowest BCUT2D eigenvalue weighted by atomic mass is 10.0. The van der Waals surface area contributed by atoms with E-state index in [2.05, 4.69) is 78.0 Å². The molecule has 19 heavy (non-hydrogen) atoms. The fourth-order valence-corrected chi connectivity index (χ4v) is 4.72. The number of fused-ring (bicyclic) bond motifs is 5. The lowest BCUT2D eigenvalue weighted by Gasteiger charge is -2.03. The van der Waals surface area contributed by atoms with Crippen LogP contribution in [0.15, 0.2) is 48.5 Å². The smallest absolute Gasteiger partial charge is 0.0434 e. The average Bonchev–Trinajstić information content (AvgIpc) is 2.77. The molecule has 1 aromatic heterocycles. The van der Waals surface area contributed by atoms with Gasteiger partial charge in [-0.3, -0.25) is 0 Å². The van der Waals surface area contributed by atoms with Crippen LogP contribution in [0, 0.1) is 10.5 Å². The predicted octanol–water partition coefficient (Wildman–Crippen LogP) is 6.12. The molecule has 0 aliphatic heterocycles. The molecule has 0 unspecified atom stereocenters. The first-order valence-corrected chi connectivity index (χ1v) is 8.14. The summed E-state index contributed by atoms with van der Waals surface area (Å²) in [5, 5.41) is 5.53. The van der Waals surface area contributed by atoms with Gasteiger partial charge >= 0.3 is 0 Å². The Hall–Kier alpha value is -1.13. The third-order valence-electron chi connectivity index (χ3n) is 3.65. The van der Waals surface area contributed by atoms with Crippen molar-refractivity contribution < 1.29 is 0 Å². The van der Waals surface area contributed by atoms with Gasteiger partial charge in [0.25, 0.3) is 0 Å². The Morgan fingerprint density at radius 1 is 0.842 bits per heavy atom. The molecule has 0 aliphatic rings. The summed E-state index contributed by atoms with van der Waals surface area (Å²) in [5.74, 6) is 0. The Morgan fingerprint density at radius 3 is 2.47 bits per heavy atom. The van der Waals surface area contributed by atoms with Crippen molar-refractivity contribution in [3.63, 3.8) is 0 Å². The molecule has 0 amide bonds. The van der Waals surface area contributed by atoms with E-state index in [1.54, 1.807) is 0 Å². The molecule has 1 heterocycles. The van der Waals surface area contributed by atoms with E-state index in [0.29, 0.717) is 0 Å². The molecule has 0 atom stereocenters. The van der Waals surface area contributed by atoms with Gasteiger partial charge in [0.15, 0.2) is 0 Å². The van der Waals surface area contributed by atoms with Crippen molar-refractivity contribution in [2.75, 3.05) is 0 Å². The van der Waals surface area contributed by atoms with E-state index in [1.165, 1.54) is 40.1 Å². The van der Waals surface area contributed by atoms with E-state index in [0.717, 1.165) is 0 Å². The van der Waals surface area contributed by atoms with Crippen LogP contribution in [0.1, 0.15) is 5.56 Å². The summed E-state index contributed by atoms with van der Waals surface area (Å²) < 4.78 is 4.11. The van der Waals surface area contributed by atoms with Crippen LogP contribution in [0.3, 0.4) is 0 Å². The quantitative estimate of drug-likeness (QED) is 0.325. The number of aryl methyl sites for hydroxylation is 1. The molecule has 0 saturated heterocycles. The number of benzene rings is 3. The summed E-state index contributed by atoms with van der Waals surface area (Å²) in [7, 11) is 0. The number of rotatable bonds is 0. The molecule has 92 valence electrons. The maximum absolute atomic E-state index is 2.38. The van der Waals surface area contributed by atoms with Crippen LogP contribution in [-0.4, -0.2) is 0 Å². The molecule has 0 bridgehead atoms. The summed E-state index contributed by atoms with van der Waals surface area (Å²) in [5.41, 5.74) is 1.36. The molecule has 0 N–H and O–H groups in total. The zero-order valence-electron chi connectivity index (χ0n) is 10.4. The van der Waals surface area contributed by atoms with Crippen LogP contribution in [-0.2, 0) is 0 Å². The minimum atomic E-state index is 1.30. The Labute approximate surface area is 129 Å². The molecule has 0 aliphatic carbocycles. The van der Waals surface area contributed by atoms with Crippen molar-refractivity contribution in [3.05, 3.63) is 57.7 Å². The van der Waals surface area contributed by atoms with Crippen LogP contribution in [0.5, 0.6) is 0 Å². The van der Waals surface area contributed by atoms with Crippen molar-refractivity contribution in [3.8, 4) is 0 Å². The Balaban J connectivity index is 2.31. The topological polar surface area (TPSA) is 0 Å². The third kappa shape index (κ3) is 1.70. The van der Waals surface area contributed by atoms with E-state index in [1.807, 2.05) is 11.3 Å². The number of thiophene rings is 1. The SMILES string of the molecule is Cc1cc2c3ccc(I)cc3sc2c2ccccc12. The summed E-state index contributed by atoms with van der Waals surface area (Å²) in [6.07, 6.45) is 0. The van der Waals surface area contributed by atoms with Crippen LogP contribution in [0.4, 0.5) is 0 Å². The largest absolute Gasteiger partial charge is 0.134 e. The van der Waals surface area contributed by atoms with Crippen molar-refractivity contribution in [1.82, 2.24) is 0 Å². The molecule has 0 radical (unpaired) electrons. The summed E-state index contributed by atoms with van der Waals surface area (Å²) in [6, 6.07) is 17.8. The van der Waals surface area contributed by atoms with Crippen LogP contribution < -0.4 is 0 Å². The van der Waals surface area contributed by atoms with Gasteiger partial charge in [0.1, 0.15) is 0 Å². The molecule has 0 fully saturated rings. The highest BCUT2D eigenvalue weighted by molar-refractivity contribution is 14.1. The standard InChI is InChI=1S/C17H11IS/c1-10-8-15-13-7-6-11(18)9-16(13)19-17(15)14-5-3-2-4-12(10)14/h2-9H,1H3. The highest BCUT2D eigenvalue weighted by Crippen LogP contribution is 2.39. The van der Waals surface area contributed by atoms with E-state index in [9.17, 15) is 0 Å². The highest BCUT2D eigenvalue weighted by atomic mass is 127. The predicted molar refractivity (Wildman–Crippen MR) is 94.3 cm³/mol. The zero-order valence-corrected chi connectivity index (χ0v) is 13.4. The van der Waals surface area contributed by atoms with Gasteiger partial charge in [-0.2, -0.15) is 0 Å². The molecule has 4 rings (SSSR count). The number of halogens is 1. The maximum atomic E-state index is 2.38. The first-order chi connectivity index (χ1) is 9.24. The molecular formula is C17H11IS. The molecule has 0 saturated carbocycles. The fourth-order valence-electron chi connectivity index (χ4n) is 2.75. The van der Waals surface area contributed by atoms with Gasteiger partial charge in [-0.25, -0.2) is 0 Å². The average molecular weight is 374 g/mol. The van der Waals surface area contributed by atoms with Gasteiger partial charge in [0.2, 0.25) is 0 Å². The minimum absolute atomic E-state index is 1.30. The maximum Gasteiger partial charge on any atom is 0.0434 e.